The first-order valence-corrected chi connectivity index (χ1v) is 9.75. The molecule has 0 bridgehead atoms. The lowest BCUT2D eigenvalue weighted by atomic mass is 9.94. The minimum absolute atomic E-state index is 0.617. The van der Waals surface area contributed by atoms with Crippen LogP contribution in [-0.2, 0) is 6.42 Å². The molecule has 0 saturated heterocycles. The van der Waals surface area contributed by atoms with Crippen LogP contribution in [0.15, 0.2) is 53.4 Å². The molecule has 0 amide bonds. The Balaban J connectivity index is 1.93. The second-order valence-corrected chi connectivity index (χ2v) is 7.71. The van der Waals surface area contributed by atoms with Gasteiger partial charge in [0.2, 0.25) is 0 Å². The molecule has 23 heavy (non-hydrogen) atoms. The molecule has 2 heteroatoms. The van der Waals surface area contributed by atoms with Crippen molar-refractivity contribution in [2.45, 2.75) is 50.6 Å². The second-order valence-electron chi connectivity index (χ2n) is 6.65. The maximum Gasteiger partial charge on any atom is 0.0233 e. The van der Waals surface area contributed by atoms with Crippen LogP contribution in [0.3, 0.4) is 0 Å². The molecule has 1 heterocycles. The molecule has 1 nitrogen and oxygen atoms in total. The van der Waals surface area contributed by atoms with Gasteiger partial charge in [0.05, 0.1) is 0 Å². The smallest absolute Gasteiger partial charge is 0.0233 e. The third-order valence-electron chi connectivity index (χ3n) is 4.70. The monoisotopic (exact) mass is 325 g/mol. The third kappa shape index (κ3) is 3.64. The zero-order valence-electron chi connectivity index (χ0n) is 14.5. The van der Waals surface area contributed by atoms with Crippen molar-refractivity contribution in [2.75, 3.05) is 12.3 Å². The van der Waals surface area contributed by atoms with E-state index in [1.165, 1.54) is 41.2 Å². The molecular weight excluding hydrogens is 298 g/mol. The Morgan fingerprint density at radius 2 is 1.87 bits per heavy atom. The summed E-state index contributed by atoms with van der Waals surface area (Å²) < 4.78 is 0. The summed E-state index contributed by atoms with van der Waals surface area (Å²) in [6.07, 6.45) is 2.40. The molecule has 0 N–H and O–H groups in total. The summed E-state index contributed by atoms with van der Waals surface area (Å²) in [4.78, 5) is 4.17. The Morgan fingerprint density at radius 1 is 1.09 bits per heavy atom. The summed E-state index contributed by atoms with van der Waals surface area (Å²) in [6.45, 7) is 8.15. The summed E-state index contributed by atoms with van der Waals surface area (Å²) in [5.41, 5.74) is 4.30. The van der Waals surface area contributed by atoms with Gasteiger partial charge in [0.1, 0.15) is 0 Å². The molecule has 0 aliphatic carbocycles. The predicted octanol–water partition coefficient (Wildman–Crippen LogP) is 5.49. The number of hydrogen-bond donors (Lipinski definition) is 0. The van der Waals surface area contributed by atoms with Gasteiger partial charge >= 0.3 is 0 Å². The van der Waals surface area contributed by atoms with E-state index >= 15 is 0 Å². The van der Waals surface area contributed by atoms with Gasteiger partial charge in [-0.1, -0.05) is 49.4 Å². The Bertz CT molecular complexity index is 636. The van der Waals surface area contributed by atoms with E-state index in [0.717, 1.165) is 0 Å². The average molecular weight is 326 g/mol. The van der Waals surface area contributed by atoms with Crippen molar-refractivity contribution in [1.82, 2.24) is 4.90 Å². The van der Waals surface area contributed by atoms with Crippen LogP contribution in [-0.4, -0.2) is 29.3 Å². The van der Waals surface area contributed by atoms with E-state index in [4.69, 9.17) is 0 Å². The Hall–Kier alpha value is -1.25. The first kappa shape index (κ1) is 16.6. The van der Waals surface area contributed by atoms with Crippen LogP contribution in [0.1, 0.15) is 32.8 Å². The lowest BCUT2D eigenvalue weighted by Gasteiger charge is -2.38. The third-order valence-corrected chi connectivity index (χ3v) is 5.95. The number of benzene rings is 2. The van der Waals surface area contributed by atoms with Crippen molar-refractivity contribution in [3.63, 3.8) is 0 Å². The predicted molar refractivity (Wildman–Crippen MR) is 102 cm³/mol. The lowest BCUT2D eigenvalue weighted by molar-refractivity contribution is 0.164. The summed E-state index contributed by atoms with van der Waals surface area (Å²) in [5.74, 6) is 1.21. The van der Waals surface area contributed by atoms with Gasteiger partial charge in [-0.25, -0.2) is 0 Å². The van der Waals surface area contributed by atoms with Gasteiger partial charge in [-0.15, -0.1) is 11.8 Å². The highest BCUT2D eigenvalue weighted by Gasteiger charge is 2.27. The van der Waals surface area contributed by atoms with E-state index < -0.39 is 0 Å². The molecule has 1 aliphatic heterocycles. The SMILES string of the molecule is CCCN(C(C)C)C1CSc2cccc(-c3ccccc3)c2C1. The Labute approximate surface area is 145 Å². The van der Waals surface area contributed by atoms with Crippen molar-refractivity contribution in [1.29, 1.82) is 0 Å². The molecule has 1 aliphatic rings. The Kier molecular flexibility index (Phi) is 5.45. The van der Waals surface area contributed by atoms with Crippen molar-refractivity contribution in [3.05, 3.63) is 54.1 Å². The Morgan fingerprint density at radius 3 is 2.57 bits per heavy atom. The molecule has 0 spiro atoms. The fourth-order valence-electron chi connectivity index (χ4n) is 3.61. The van der Waals surface area contributed by atoms with Crippen LogP contribution in [0, 0.1) is 0 Å². The number of nitrogens with zero attached hydrogens (tertiary/aromatic N) is 1. The second kappa shape index (κ2) is 7.55. The van der Waals surface area contributed by atoms with E-state index in [1.807, 2.05) is 11.8 Å². The molecule has 122 valence electrons. The zero-order chi connectivity index (χ0) is 16.2. The number of hydrogen-bond acceptors (Lipinski definition) is 2. The minimum Gasteiger partial charge on any atom is -0.297 e. The van der Waals surface area contributed by atoms with E-state index in [-0.39, 0.29) is 0 Å². The lowest BCUT2D eigenvalue weighted by Crippen LogP contribution is -2.44. The molecule has 2 aromatic carbocycles. The maximum absolute atomic E-state index is 2.69. The molecule has 2 aromatic rings. The molecule has 0 saturated carbocycles. The van der Waals surface area contributed by atoms with E-state index in [9.17, 15) is 0 Å². The van der Waals surface area contributed by atoms with Gasteiger partial charge in [0, 0.05) is 22.7 Å². The fraction of sp³-hybridized carbons (Fsp3) is 0.429. The standard InChI is InChI=1S/C21H27NS/c1-4-13-22(16(2)3)18-14-20-19(17-9-6-5-7-10-17)11-8-12-21(20)23-15-18/h5-12,16,18H,4,13-15H2,1-3H3. The van der Waals surface area contributed by atoms with Gasteiger partial charge in [0.25, 0.3) is 0 Å². The summed E-state index contributed by atoms with van der Waals surface area (Å²) in [5, 5.41) is 0. The quantitative estimate of drug-likeness (QED) is 0.715. The van der Waals surface area contributed by atoms with Gasteiger partial charge in [-0.05, 0) is 56.0 Å². The van der Waals surface area contributed by atoms with Crippen LogP contribution in [0.25, 0.3) is 11.1 Å². The number of rotatable bonds is 5. The van der Waals surface area contributed by atoms with Crippen LogP contribution in [0.2, 0.25) is 0 Å². The van der Waals surface area contributed by atoms with Gasteiger partial charge < -0.3 is 0 Å². The topological polar surface area (TPSA) is 3.24 Å². The largest absolute Gasteiger partial charge is 0.297 e. The normalized spacial score (nSPS) is 17.5. The van der Waals surface area contributed by atoms with E-state index in [2.05, 4.69) is 74.2 Å². The molecule has 0 fully saturated rings. The molecule has 1 unspecified atom stereocenters. The minimum atomic E-state index is 0.617. The van der Waals surface area contributed by atoms with Crippen LogP contribution >= 0.6 is 11.8 Å². The highest BCUT2D eigenvalue weighted by Crippen LogP contribution is 2.38. The zero-order valence-corrected chi connectivity index (χ0v) is 15.3. The van der Waals surface area contributed by atoms with Crippen LogP contribution < -0.4 is 0 Å². The van der Waals surface area contributed by atoms with Crippen molar-refractivity contribution < 1.29 is 0 Å². The number of thioether (sulfide) groups is 1. The highest BCUT2D eigenvalue weighted by molar-refractivity contribution is 7.99. The average Bonchev–Trinajstić information content (AvgIpc) is 2.59. The summed E-state index contributed by atoms with van der Waals surface area (Å²) in [7, 11) is 0. The van der Waals surface area contributed by atoms with Crippen molar-refractivity contribution >= 4 is 11.8 Å². The molecule has 1 atom stereocenters. The highest BCUT2D eigenvalue weighted by atomic mass is 32.2. The molecule has 0 aromatic heterocycles. The van der Waals surface area contributed by atoms with Gasteiger partial charge in [0.15, 0.2) is 0 Å². The van der Waals surface area contributed by atoms with Crippen LogP contribution in [0.5, 0.6) is 0 Å². The van der Waals surface area contributed by atoms with Gasteiger partial charge in [-0.2, -0.15) is 0 Å². The summed E-state index contributed by atoms with van der Waals surface area (Å²) in [6, 6.07) is 18.9. The van der Waals surface area contributed by atoms with Gasteiger partial charge in [-0.3, -0.25) is 4.90 Å². The molecule has 3 rings (SSSR count). The van der Waals surface area contributed by atoms with Crippen molar-refractivity contribution in [3.8, 4) is 11.1 Å². The van der Waals surface area contributed by atoms with E-state index in [1.54, 1.807) is 5.56 Å². The molecule has 0 radical (unpaired) electrons. The van der Waals surface area contributed by atoms with Crippen molar-refractivity contribution in [2.24, 2.45) is 0 Å². The van der Waals surface area contributed by atoms with Crippen LogP contribution in [0.4, 0.5) is 0 Å². The fourth-order valence-corrected chi connectivity index (χ4v) is 4.84. The maximum atomic E-state index is 2.69. The molecular formula is C21H27NS. The first-order valence-electron chi connectivity index (χ1n) is 8.76. The number of fused-ring (bicyclic) bond motifs is 1. The van der Waals surface area contributed by atoms with E-state index in [0.29, 0.717) is 12.1 Å². The summed E-state index contributed by atoms with van der Waals surface area (Å²) >= 11 is 2.04. The first-order chi connectivity index (χ1) is 11.2.